The van der Waals surface area contributed by atoms with Gasteiger partial charge in [0.2, 0.25) is 0 Å². The topological polar surface area (TPSA) is 60.3 Å². The maximum atomic E-state index is 5.24. The summed E-state index contributed by atoms with van der Waals surface area (Å²) in [7, 11) is 5.03. The number of anilines is 2. The number of rotatable bonds is 4. The lowest BCUT2D eigenvalue weighted by atomic mass is 10.3. The van der Waals surface area contributed by atoms with Crippen LogP contribution in [0.1, 0.15) is 0 Å². The number of benzene rings is 1. The molecule has 0 saturated heterocycles. The van der Waals surface area contributed by atoms with Crippen molar-refractivity contribution in [2.24, 2.45) is 7.05 Å². The van der Waals surface area contributed by atoms with Gasteiger partial charge in [0.1, 0.15) is 0 Å². The lowest BCUT2D eigenvalue weighted by molar-refractivity contribution is 0.355. The first-order chi connectivity index (χ1) is 9.62. The molecule has 0 unspecified atom stereocenters. The van der Waals surface area contributed by atoms with Gasteiger partial charge in [-0.15, -0.1) is 0 Å². The summed E-state index contributed by atoms with van der Waals surface area (Å²) >= 11 is 5.22. The smallest absolute Gasteiger partial charge is 0.176 e. The van der Waals surface area contributed by atoms with Gasteiger partial charge in [-0.25, -0.2) is 0 Å². The minimum absolute atomic E-state index is 0.455. The first-order valence-corrected chi connectivity index (χ1v) is 6.33. The molecule has 2 aromatic rings. The SMILES string of the molecule is COc1ccc(NC(=S)Nc2ccn(C)n2)cc1OC. The maximum absolute atomic E-state index is 5.24. The van der Waals surface area contributed by atoms with E-state index in [1.165, 1.54) is 0 Å². The molecule has 0 aliphatic rings. The number of hydrogen-bond acceptors (Lipinski definition) is 4. The highest BCUT2D eigenvalue weighted by Crippen LogP contribution is 2.29. The van der Waals surface area contributed by atoms with Crippen molar-refractivity contribution < 1.29 is 9.47 Å². The van der Waals surface area contributed by atoms with E-state index in [1.807, 2.05) is 37.5 Å². The fourth-order valence-electron chi connectivity index (χ4n) is 1.67. The predicted molar refractivity (Wildman–Crippen MR) is 82.6 cm³/mol. The zero-order valence-corrected chi connectivity index (χ0v) is 12.3. The monoisotopic (exact) mass is 292 g/mol. The number of hydrogen-bond donors (Lipinski definition) is 2. The molecule has 1 aromatic heterocycles. The standard InChI is InChI=1S/C13H16N4O2S/c1-17-7-6-12(16-17)15-13(20)14-9-4-5-10(18-2)11(8-9)19-3/h4-8H,1-3H3,(H2,14,15,16,20). The van der Waals surface area contributed by atoms with Gasteiger partial charge in [0.05, 0.1) is 14.2 Å². The Kier molecular flexibility index (Phi) is 4.41. The summed E-state index contributed by atoms with van der Waals surface area (Å²) < 4.78 is 12.1. The lowest BCUT2D eigenvalue weighted by Gasteiger charge is -2.12. The Morgan fingerprint density at radius 1 is 1.15 bits per heavy atom. The normalized spacial score (nSPS) is 9.95. The Labute approximate surface area is 122 Å². The third-order valence-corrected chi connectivity index (χ3v) is 2.80. The van der Waals surface area contributed by atoms with Gasteiger partial charge >= 0.3 is 0 Å². The Hall–Kier alpha value is -2.28. The molecule has 1 heterocycles. The van der Waals surface area contributed by atoms with Crippen LogP contribution in [0.4, 0.5) is 11.5 Å². The average molecular weight is 292 g/mol. The molecule has 2 rings (SSSR count). The number of aryl methyl sites for hydroxylation is 1. The molecule has 0 atom stereocenters. The third kappa shape index (κ3) is 3.39. The molecular weight excluding hydrogens is 276 g/mol. The van der Waals surface area contributed by atoms with Crippen molar-refractivity contribution in [2.75, 3.05) is 24.9 Å². The van der Waals surface area contributed by atoms with Crippen molar-refractivity contribution in [3.8, 4) is 11.5 Å². The minimum Gasteiger partial charge on any atom is -0.493 e. The number of thiocarbonyl (C=S) groups is 1. The van der Waals surface area contributed by atoms with Gasteiger partial charge in [-0.05, 0) is 24.4 Å². The molecule has 7 heteroatoms. The van der Waals surface area contributed by atoms with Crippen LogP contribution >= 0.6 is 12.2 Å². The Bertz CT molecular complexity index is 612. The van der Waals surface area contributed by atoms with E-state index in [-0.39, 0.29) is 0 Å². The first kappa shape index (κ1) is 14.1. The fraction of sp³-hybridized carbons (Fsp3) is 0.231. The van der Waals surface area contributed by atoms with E-state index in [2.05, 4.69) is 15.7 Å². The minimum atomic E-state index is 0.455. The molecule has 0 radical (unpaired) electrons. The van der Waals surface area contributed by atoms with E-state index in [9.17, 15) is 0 Å². The van der Waals surface area contributed by atoms with Crippen molar-refractivity contribution in [1.82, 2.24) is 9.78 Å². The summed E-state index contributed by atoms with van der Waals surface area (Å²) in [4.78, 5) is 0. The van der Waals surface area contributed by atoms with Gasteiger partial charge in [-0.1, -0.05) is 0 Å². The molecule has 0 bridgehead atoms. The van der Waals surface area contributed by atoms with Gasteiger partial charge in [0, 0.05) is 31.1 Å². The Morgan fingerprint density at radius 2 is 1.90 bits per heavy atom. The second kappa shape index (κ2) is 6.25. The van der Waals surface area contributed by atoms with Gasteiger partial charge in [0.15, 0.2) is 22.4 Å². The van der Waals surface area contributed by atoms with Gasteiger partial charge in [0.25, 0.3) is 0 Å². The van der Waals surface area contributed by atoms with E-state index >= 15 is 0 Å². The summed E-state index contributed by atoms with van der Waals surface area (Å²) in [6.45, 7) is 0. The van der Waals surface area contributed by atoms with E-state index in [4.69, 9.17) is 21.7 Å². The number of nitrogens with zero attached hydrogens (tertiary/aromatic N) is 2. The van der Waals surface area contributed by atoms with Crippen LogP contribution in [-0.4, -0.2) is 29.1 Å². The zero-order valence-electron chi connectivity index (χ0n) is 11.5. The maximum Gasteiger partial charge on any atom is 0.176 e. The summed E-state index contributed by atoms with van der Waals surface area (Å²) in [6.07, 6.45) is 1.83. The molecule has 1 aromatic carbocycles. The van der Waals surface area contributed by atoms with E-state index in [0.717, 1.165) is 5.69 Å². The molecule has 2 N–H and O–H groups in total. The summed E-state index contributed by atoms with van der Waals surface area (Å²) in [5, 5.41) is 10.7. The van der Waals surface area contributed by atoms with Crippen LogP contribution in [0.15, 0.2) is 30.5 Å². The van der Waals surface area contributed by atoms with Crippen molar-refractivity contribution >= 4 is 28.8 Å². The third-order valence-electron chi connectivity index (χ3n) is 2.60. The van der Waals surface area contributed by atoms with E-state index < -0.39 is 0 Å². The number of ether oxygens (including phenoxy) is 2. The van der Waals surface area contributed by atoms with Crippen molar-refractivity contribution in [3.05, 3.63) is 30.5 Å². The first-order valence-electron chi connectivity index (χ1n) is 5.92. The van der Waals surface area contributed by atoms with Crippen LogP contribution in [-0.2, 0) is 7.05 Å². The van der Waals surface area contributed by atoms with Crippen LogP contribution in [0.25, 0.3) is 0 Å². The molecular formula is C13H16N4O2S. The largest absolute Gasteiger partial charge is 0.493 e. The predicted octanol–water partition coefficient (Wildman–Crippen LogP) is 2.25. The molecule has 0 aliphatic heterocycles. The van der Waals surface area contributed by atoms with Crippen LogP contribution in [0.5, 0.6) is 11.5 Å². The molecule has 0 saturated carbocycles. The molecule has 0 aliphatic carbocycles. The van der Waals surface area contributed by atoms with Crippen LogP contribution in [0, 0.1) is 0 Å². The number of aromatic nitrogens is 2. The van der Waals surface area contributed by atoms with Crippen LogP contribution in [0.3, 0.4) is 0 Å². The van der Waals surface area contributed by atoms with Crippen LogP contribution < -0.4 is 20.1 Å². The zero-order chi connectivity index (χ0) is 14.5. The summed E-state index contributed by atoms with van der Waals surface area (Å²) in [6, 6.07) is 7.31. The summed E-state index contributed by atoms with van der Waals surface area (Å²) in [5.74, 6) is 1.99. The second-order valence-corrected chi connectivity index (χ2v) is 4.43. The van der Waals surface area contributed by atoms with Crippen molar-refractivity contribution in [1.29, 1.82) is 0 Å². The fourth-order valence-corrected chi connectivity index (χ4v) is 1.90. The van der Waals surface area contributed by atoms with Crippen molar-refractivity contribution in [2.45, 2.75) is 0 Å². The highest BCUT2D eigenvalue weighted by atomic mass is 32.1. The number of nitrogens with one attached hydrogen (secondary N) is 2. The Morgan fingerprint density at radius 3 is 2.50 bits per heavy atom. The van der Waals surface area contributed by atoms with Crippen LogP contribution in [0.2, 0.25) is 0 Å². The number of methoxy groups -OCH3 is 2. The molecule has 0 spiro atoms. The second-order valence-electron chi connectivity index (χ2n) is 4.02. The quantitative estimate of drug-likeness (QED) is 0.843. The highest BCUT2D eigenvalue weighted by Gasteiger charge is 2.06. The van der Waals surface area contributed by atoms with E-state index in [0.29, 0.717) is 22.4 Å². The van der Waals surface area contributed by atoms with Gasteiger partial charge in [-0.2, -0.15) is 5.10 Å². The molecule has 0 fully saturated rings. The highest BCUT2D eigenvalue weighted by molar-refractivity contribution is 7.80. The average Bonchev–Trinajstić information content (AvgIpc) is 2.83. The van der Waals surface area contributed by atoms with E-state index in [1.54, 1.807) is 18.9 Å². The molecule has 106 valence electrons. The van der Waals surface area contributed by atoms with Gasteiger partial charge < -0.3 is 20.1 Å². The molecule has 0 amide bonds. The summed E-state index contributed by atoms with van der Waals surface area (Å²) in [5.41, 5.74) is 0.802. The molecule has 6 nitrogen and oxygen atoms in total. The molecule has 20 heavy (non-hydrogen) atoms. The van der Waals surface area contributed by atoms with Gasteiger partial charge in [-0.3, -0.25) is 4.68 Å². The lowest BCUT2D eigenvalue weighted by Crippen LogP contribution is -2.19. The van der Waals surface area contributed by atoms with Crippen molar-refractivity contribution in [3.63, 3.8) is 0 Å². The Balaban J connectivity index is 2.04.